The molecule has 180 valence electrons. The zero-order valence-corrected chi connectivity index (χ0v) is 16.6. The summed E-state index contributed by atoms with van der Waals surface area (Å²) in [6.07, 6.45) is -14.1. The average molecular weight is 455 g/mol. The summed E-state index contributed by atoms with van der Waals surface area (Å²) in [5, 5.41) is 81.7. The molecule has 0 aromatic heterocycles. The van der Waals surface area contributed by atoms with E-state index in [0.29, 0.717) is 0 Å². The van der Waals surface area contributed by atoms with Crippen molar-refractivity contribution in [2.75, 3.05) is 19.8 Å². The molecule has 31 heavy (non-hydrogen) atoms. The van der Waals surface area contributed by atoms with Gasteiger partial charge in [-0.3, -0.25) is 4.79 Å². The first kappa shape index (κ1) is 25.8. The Balaban J connectivity index is 2.39. The maximum absolute atomic E-state index is 12.1. The Kier molecular flexibility index (Phi) is 8.69. The van der Waals surface area contributed by atoms with E-state index in [2.05, 4.69) is 5.32 Å². The first-order valence-electron chi connectivity index (χ1n) is 9.57. The third-order valence-electron chi connectivity index (χ3n) is 5.27. The highest BCUT2D eigenvalue weighted by Crippen LogP contribution is 2.36. The number of carbonyl (C=O) groups excluding carboxylic acids is 1. The summed E-state index contributed by atoms with van der Waals surface area (Å²) >= 11 is 0. The Morgan fingerprint density at radius 1 is 1.19 bits per heavy atom. The Morgan fingerprint density at radius 3 is 2.35 bits per heavy atom. The molecule has 0 saturated carbocycles. The normalized spacial score (nSPS) is 40.7. The summed E-state index contributed by atoms with van der Waals surface area (Å²) in [5.41, 5.74) is 0. The van der Waals surface area contributed by atoms with Gasteiger partial charge in [-0.1, -0.05) is 0 Å². The van der Waals surface area contributed by atoms with Crippen LogP contribution in [0.4, 0.5) is 0 Å². The molecular formula is C17H29NO13. The van der Waals surface area contributed by atoms with Crippen LogP contribution in [0.25, 0.3) is 0 Å². The van der Waals surface area contributed by atoms with Gasteiger partial charge in [0.2, 0.25) is 5.91 Å². The number of aliphatic hydroxyl groups excluding tert-OH is 7. The van der Waals surface area contributed by atoms with Crippen molar-refractivity contribution < 1.29 is 64.7 Å². The quantitative estimate of drug-likeness (QED) is 0.166. The van der Waals surface area contributed by atoms with Crippen molar-refractivity contribution in [1.29, 1.82) is 0 Å². The van der Waals surface area contributed by atoms with Crippen LogP contribution in [0.15, 0.2) is 0 Å². The Bertz CT molecular complexity index is 635. The highest BCUT2D eigenvalue weighted by Gasteiger charge is 2.58. The van der Waals surface area contributed by atoms with Crippen LogP contribution in [0.1, 0.15) is 13.3 Å². The monoisotopic (exact) mass is 455 g/mol. The van der Waals surface area contributed by atoms with E-state index in [9.17, 15) is 45.3 Å². The molecule has 14 nitrogen and oxygen atoms in total. The molecule has 0 bridgehead atoms. The Morgan fingerprint density at radius 2 is 1.84 bits per heavy atom. The standard InChI is InChI=1S/C17H29NO13/c1-6(21)18-11-7(22)2-17(16(27)28,31-15(11)12(25)8(23)3-19)30-14-9(24)5-29-10(4-20)13(14)26/h7-15,19-20,22-26H,2-5H2,1H3,(H,18,21)(H,27,28)/t7?,8-,9?,10?,11-,12-,13+,14?,15?,17-/m1/s1. The van der Waals surface area contributed by atoms with Gasteiger partial charge in [0.25, 0.3) is 5.79 Å². The van der Waals surface area contributed by atoms with Gasteiger partial charge in [-0.05, 0) is 0 Å². The van der Waals surface area contributed by atoms with Crippen molar-refractivity contribution in [3.63, 3.8) is 0 Å². The number of nitrogens with one attached hydrogen (secondary N) is 1. The molecule has 5 unspecified atom stereocenters. The highest BCUT2D eigenvalue weighted by atomic mass is 16.7. The molecule has 2 heterocycles. The van der Waals surface area contributed by atoms with Gasteiger partial charge < -0.3 is 60.4 Å². The second kappa shape index (κ2) is 10.4. The SMILES string of the molecule is CC(=O)N[C@@H]1C(O)C[C@](OC2C(O)COC(CO)[C@@H]2O)(C(=O)O)OC1[C@H](O)[C@H](O)CO. The van der Waals surface area contributed by atoms with E-state index >= 15 is 0 Å². The van der Waals surface area contributed by atoms with Crippen LogP contribution in [-0.2, 0) is 23.8 Å². The van der Waals surface area contributed by atoms with Gasteiger partial charge in [-0.25, -0.2) is 4.79 Å². The van der Waals surface area contributed by atoms with Crippen LogP contribution in [0.2, 0.25) is 0 Å². The topological polar surface area (TPSA) is 236 Å². The first-order chi connectivity index (χ1) is 14.5. The molecule has 0 aromatic rings. The average Bonchev–Trinajstić information content (AvgIpc) is 2.71. The number of aliphatic hydroxyl groups is 7. The van der Waals surface area contributed by atoms with E-state index in [0.717, 1.165) is 6.92 Å². The highest BCUT2D eigenvalue weighted by molar-refractivity contribution is 5.76. The maximum atomic E-state index is 12.1. The third-order valence-corrected chi connectivity index (χ3v) is 5.27. The Labute approximate surface area is 176 Å². The number of carboxylic acids is 1. The molecule has 2 aliphatic heterocycles. The molecule has 2 rings (SSSR count). The number of aliphatic carboxylic acids is 1. The maximum Gasteiger partial charge on any atom is 0.364 e. The van der Waals surface area contributed by atoms with Gasteiger partial charge in [0, 0.05) is 13.3 Å². The van der Waals surface area contributed by atoms with Gasteiger partial charge in [0.15, 0.2) is 0 Å². The molecule has 1 amide bonds. The summed E-state index contributed by atoms with van der Waals surface area (Å²) in [6.45, 7) is -0.917. The number of carbonyl (C=O) groups is 2. The van der Waals surface area contributed by atoms with Crippen LogP contribution in [0, 0.1) is 0 Å². The van der Waals surface area contributed by atoms with E-state index in [4.69, 9.17) is 19.3 Å². The van der Waals surface area contributed by atoms with Crippen molar-refractivity contribution in [2.45, 2.75) is 74.0 Å². The minimum atomic E-state index is -2.74. The molecule has 14 heteroatoms. The lowest BCUT2D eigenvalue weighted by atomic mass is 9.88. The number of amides is 1. The van der Waals surface area contributed by atoms with Crippen LogP contribution in [0.5, 0.6) is 0 Å². The second-order valence-corrected chi connectivity index (χ2v) is 7.57. The van der Waals surface area contributed by atoms with Gasteiger partial charge in [0.1, 0.15) is 42.7 Å². The molecule has 2 saturated heterocycles. The molecular weight excluding hydrogens is 426 g/mol. The minimum absolute atomic E-state index is 0.408. The Hall–Kier alpha value is -1.46. The van der Waals surface area contributed by atoms with Crippen molar-refractivity contribution in [3.05, 3.63) is 0 Å². The molecule has 2 aliphatic rings. The van der Waals surface area contributed by atoms with Crippen LogP contribution in [-0.4, -0.2) is 133 Å². The molecule has 0 radical (unpaired) electrons. The fourth-order valence-electron chi connectivity index (χ4n) is 3.63. The molecule has 0 aliphatic carbocycles. The lowest BCUT2D eigenvalue weighted by Crippen LogP contribution is -2.69. The van der Waals surface area contributed by atoms with Gasteiger partial charge in [0.05, 0.1) is 32.0 Å². The summed E-state index contributed by atoms with van der Waals surface area (Å²) in [6, 6.07) is -1.39. The predicted octanol–water partition coefficient (Wildman–Crippen LogP) is -5.37. The van der Waals surface area contributed by atoms with Crippen LogP contribution >= 0.6 is 0 Å². The lowest BCUT2D eigenvalue weighted by Gasteiger charge is -2.49. The largest absolute Gasteiger partial charge is 0.477 e. The summed E-state index contributed by atoms with van der Waals surface area (Å²) in [4.78, 5) is 23.6. The van der Waals surface area contributed by atoms with Crippen molar-refractivity contribution in [1.82, 2.24) is 5.32 Å². The van der Waals surface area contributed by atoms with Crippen molar-refractivity contribution in [3.8, 4) is 0 Å². The van der Waals surface area contributed by atoms with Gasteiger partial charge >= 0.3 is 5.97 Å². The zero-order valence-electron chi connectivity index (χ0n) is 16.6. The minimum Gasteiger partial charge on any atom is -0.477 e. The fourth-order valence-corrected chi connectivity index (χ4v) is 3.63. The van der Waals surface area contributed by atoms with E-state index in [1.807, 2.05) is 0 Å². The van der Waals surface area contributed by atoms with Crippen molar-refractivity contribution in [2.24, 2.45) is 0 Å². The van der Waals surface area contributed by atoms with Crippen molar-refractivity contribution >= 4 is 11.9 Å². The second-order valence-electron chi connectivity index (χ2n) is 7.57. The summed E-state index contributed by atoms with van der Waals surface area (Å²) in [5.74, 6) is -5.19. The van der Waals surface area contributed by atoms with E-state index in [-0.39, 0.29) is 0 Å². The third kappa shape index (κ3) is 5.48. The lowest BCUT2D eigenvalue weighted by molar-refractivity contribution is -0.347. The van der Waals surface area contributed by atoms with E-state index in [1.54, 1.807) is 0 Å². The molecule has 0 aromatic carbocycles. The number of carboxylic acid groups (broad SMARTS) is 1. The van der Waals surface area contributed by atoms with E-state index in [1.165, 1.54) is 0 Å². The summed E-state index contributed by atoms with van der Waals surface area (Å²) in [7, 11) is 0. The van der Waals surface area contributed by atoms with Gasteiger partial charge in [-0.15, -0.1) is 0 Å². The van der Waals surface area contributed by atoms with Crippen LogP contribution < -0.4 is 5.32 Å². The first-order valence-corrected chi connectivity index (χ1v) is 9.57. The number of rotatable bonds is 8. The smallest absolute Gasteiger partial charge is 0.364 e. The number of hydrogen-bond acceptors (Lipinski definition) is 12. The molecule has 0 spiro atoms. The van der Waals surface area contributed by atoms with Gasteiger partial charge in [-0.2, -0.15) is 0 Å². The molecule has 2 fully saturated rings. The molecule has 10 atom stereocenters. The number of ether oxygens (including phenoxy) is 3. The van der Waals surface area contributed by atoms with Crippen LogP contribution in [0.3, 0.4) is 0 Å². The zero-order chi connectivity index (χ0) is 23.5. The fraction of sp³-hybridized carbons (Fsp3) is 0.882. The molecule has 9 N–H and O–H groups in total. The predicted molar refractivity (Wildman–Crippen MR) is 96.3 cm³/mol. The van der Waals surface area contributed by atoms with E-state index < -0.39 is 98.8 Å². The summed E-state index contributed by atoms with van der Waals surface area (Å²) < 4.78 is 15.9. The number of hydrogen-bond donors (Lipinski definition) is 9.